The van der Waals surface area contributed by atoms with Crippen molar-refractivity contribution in [1.82, 2.24) is 15.1 Å². The van der Waals surface area contributed by atoms with Gasteiger partial charge in [-0.25, -0.2) is 0 Å². The molecule has 0 spiro atoms. The summed E-state index contributed by atoms with van der Waals surface area (Å²) in [6.45, 7) is 8.90. The van der Waals surface area contributed by atoms with E-state index in [1.54, 1.807) is 0 Å². The molecule has 2 aliphatic rings. The van der Waals surface area contributed by atoms with Crippen LogP contribution >= 0.6 is 0 Å². The molecular weight excluding hydrogens is 276 g/mol. The van der Waals surface area contributed by atoms with Crippen LogP contribution in [0, 0.1) is 6.92 Å². The number of aryl methyl sites for hydroxylation is 1. The second kappa shape index (κ2) is 7.22. The molecule has 5 heteroatoms. The van der Waals surface area contributed by atoms with E-state index >= 15 is 0 Å². The molecule has 1 aromatic rings. The number of nitrogens with zero attached hydrogens (tertiary/aromatic N) is 2. The largest absolute Gasteiger partial charge is 0.325 e. The Morgan fingerprint density at radius 1 is 1.32 bits per heavy atom. The Morgan fingerprint density at radius 2 is 2.14 bits per heavy atom. The van der Waals surface area contributed by atoms with Gasteiger partial charge in [0.2, 0.25) is 5.91 Å². The van der Waals surface area contributed by atoms with Crippen LogP contribution in [0.3, 0.4) is 0 Å². The lowest BCUT2D eigenvalue weighted by Crippen LogP contribution is -2.52. The number of anilines is 1. The molecule has 22 heavy (non-hydrogen) atoms. The van der Waals surface area contributed by atoms with Gasteiger partial charge in [0.25, 0.3) is 0 Å². The monoisotopic (exact) mass is 302 g/mol. The summed E-state index contributed by atoms with van der Waals surface area (Å²) >= 11 is 0. The van der Waals surface area contributed by atoms with Crippen molar-refractivity contribution < 1.29 is 4.79 Å². The van der Waals surface area contributed by atoms with Crippen LogP contribution in [0.4, 0.5) is 5.69 Å². The molecule has 2 saturated heterocycles. The first kappa shape index (κ1) is 15.5. The molecule has 3 rings (SSSR count). The zero-order chi connectivity index (χ0) is 15.4. The molecule has 2 fully saturated rings. The highest BCUT2D eigenvalue weighted by Gasteiger charge is 2.26. The van der Waals surface area contributed by atoms with Crippen molar-refractivity contribution in [2.45, 2.75) is 19.4 Å². The summed E-state index contributed by atoms with van der Waals surface area (Å²) in [7, 11) is 0. The Kier molecular flexibility index (Phi) is 5.08. The van der Waals surface area contributed by atoms with Crippen LogP contribution in [-0.2, 0) is 4.79 Å². The van der Waals surface area contributed by atoms with Crippen molar-refractivity contribution in [3.8, 4) is 0 Å². The number of hydrogen-bond acceptors (Lipinski definition) is 4. The number of amides is 1. The lowest BCUT2D eigenvalue weighted by atomic mass is 10.2. The summed E-state index contributed by atoms with van der Waals surface area (Å²) < 4.78 is 0. The lowest BCUT2D eigenvalue weighted by Gasteiger charge is -2.37. The van der Waals surface area contributed by atoms with Gasteiger partial charge in [0.1, 0.15) is 0 Å². The predicted molar refractivity (Wildman–Crippen MR) is 89.1 cm³/mol. The molecule has 1 unspecified atom stereocenters. The summed E-state index contributed by atoms with van der Waals surface area (Å²) in [5.41, 5.74) is 2.05. The quantitative estimate of drug-likeness (QED) is 0.868. The van der Waals surface area contributed by atoms with E-state index in [0.29, 0.717) is 12.6 Å². The van der Waals surface area contributed by atoms with Crippen LogP contribution in [0.5, 0.6) is 0 Å². The molecule has 1 atom stereocenters. The van der Waals surface area contributed by atoms with Crippen LogP contribution in [-0.4, -0.2) is 67.6 Å². The predicted octanol–water partition coefficient (Wildman–Crippen LogP) is 0.913. The molecule has 0 aromatic heterocycles. The van der Waals surface area contributed by atoms with E-state index in [-0.39, 0.29) is 5.91 Å². The van der Waals surface area contributed by atoms with E-state index in [9.17, 15) is 4.79 Å². The SMILES string of the molecule is Cc1cccc(NC(=O)CN2CCN(C3CCNC3)CC2)c1. The third kappa shape index (κ3) is 4.06. The Morgan fingerprint density at radius 3 is 2.82 bits per heavy atom. The number of piperazine rings is 1. The van der Waals surface area contributed by atoms with Gasteiger partial charge in [0, 0.05) is 44.5 Å². The molecule has 0 radical (unpaired) electrons. The van der Waals surface area contributed by atoms with Crippen LogP contribution in [0.2, 0.25) is 0 Å². The average Bonchev–Trinajstić information content (AvgIpc) is 3.02. The number of rotatable bonds is 4. The highest BCUT2D eigenvalue weighted by atomic mass is 16.2. The number of benzene rings is 1. The molecule has 2 aliphatic heterocycles. The van der Waals surface area contributed by atoms with Gasteiger partial charge in [-0.15, -0.1) is 0 Å². The Hall–Kier alpha value is -1.43. The maximum Gasteiger partial charge on any atom is 0.238 e. The molecule has 0 saturated carbocycles. The topological polar surface area (TPSA) is 47.6 Å². The number of nitrogens with one attached hydrogen (secondary N) is 2. The first-order valence-corrected chi connectivity index (χ1v) is 8.24. The van der Waals surface area contributed by atoms with Crippen molar-refractivity contribution in [1.29, 1.82) is 0 Å². The zero-order valence-corrected chi connectivity index (χ0v) is 13.3. The normalized spacial score (nSPS) is 23.6. The van der Waals surface area contributed by atoms with Gasteiger partial charge in [0.15, 0.2) is 0 Å². The molecule has 1 amide bonds. The molecule has 1 aromatic carbocycles. The maximum absolute atomic E-state index is 12.2. The summed E-state index contributed by atoms with van der Waals surface area (Å²) in [5, 5.41) is 6.42. The summed E-state index contributed by atoms with van der Waals surface area (Å²) in [4.78, 5) is 17.0. The first-order chi connectivity index (χ1) is 10.7. The summed E-state index contributed by atoms with van der Waals surface area (Å²) in [6.07, 6.45) is 1.26. The lowest BCUT2D eigenvalue weighted by molar-refractivity contribution is -0.117. The third-order valence-electron chi connectivity index (χ3n) is 4.63. The fourth-order valence-electron chi connectivity index (χ4n) is 3.36. The number of carbonyl (C=O) groups is 1. The van der Waals surface area contributed by atoms with Crippen LogP contribution < -0.4 is 10.6 Å². The van der Waals surface area contributed by atoms with Crippen molar-refractivity contribution >= 4 is 11.6 Å². The van der Waals surface area contributed by atoms with Gasteiger partial charge in [-0.3, -0.25) is 14.6 Å². The van der Waals surface area contributed by atoms with Gasteiger partial charge in [-0.05, 0) is 37.6 Å². The minimum atomic E-state index is 0.0848. The standard InChI is InChI=1S/C17H26N4O/c1-14-3-2-4-15(11-14)19-17(22)13-20-7-9-21(10-8-20)16-5-6-18-12-16/h2-4,11,16,18H,5-10,12-13H2,1H3,(H,19,22). The smallest absolute Gasteiger partial charge is 0.238 e. The minimum absolute atomic E-state index is 0.0848. The molecule has 2 heterocycles. The van der Waals surface area contributed by atoms with Crippen LogP contribution in [0.1, 0.15) is 12.0 Å². The first-order valence-electron chi connectivity index (χ1n) is 8.24. The van der Waals surface area contributed by atoms with Gasteiger partial charge in [0.05, 0.1) is 6.54 Å². The fourth-order valence-corrected chi connectivity index (χ4v) is 3.36. The second-order valence-electron chi connectivity index (χ2n) is 6.38. The molecule has 5 nitrogen and oxygen atoms in total. The Bertz CT molecular complexity index is 505. The highest BCUT2D eigenvalue weighted by molar-refractivity contribution is 5.92. The number of hydrogen-bond donors (Lipinski definition) is 2. The van der Waals surface area contributed by atoms with E-state index < -0.39 is 0 Å². The molecule has 120 valence electrons. The van der Waals surface area contributed by atoms with Crippen molar-refractivity contribution in [3.63, 3.8) is 0 Å². The molecule has 2 N–H and O–H groups in total. The Balaban J connectivity index is 1.43. The van der Waals surface area contributed by atoms with Crippen molar-refractivity contribution in [2.24, 2.45) is 0 Å². The van der Waals surface area contributed by atoms with Crippen molar-refractivity contribution in [3.05, 3.63) is 29.8 Å². The summed E-state index contributed by atoms with van der Waals surface area (Å²) in [6, 6.07) is 8.65. The minimum Gasteiger partial charge on any atom is -0.325 e. The maximum atomic E-state index is 12.2. The average molecular weight is 302 g/mol. The molecule has 0 aliphatic carbocycles. The zero-order valence-electron chi connectivity index (χ0n) is 13.3. The Labute approximate surface area is 132 Å². The van der Waals surface area contributed by atoms with Gasteiger partial charge in [-0.2, -0.15) is 0 Å². The van der Waals surface area contributed by atoms with Gasteiger partial charge >= 0.3 is 0 Å². The van der Waals surface area contributed by atoms with Crippen LogP contribution in [0.25, 0.3) is 0 Å². The summed E-state index contributed by atoms with van der Waals surface area (Å²) in [5.74, 6) is 0.0848. The molecule has 0 bridgehead atoms. The van der Waals surface area contributed by atoms with E-state index in [2.05, 4.69) is 20.4 Å². The van der Waals surface area contributed by atoms with Crippen LogP contribution in [0.15, 0.2) is 24.3 Å². The van der Waals surface area contributed by atoms with E-state index in [0.717, 1.165) is 50.5 Å². The fraction of sp³-hybridized carbons (Fsp3) is 0.588. The van der Waals surface area contributed by atoms with Gasteiger partial charge in [-0.1, -0.05) is 12.1 Å². The van der Waals surface area contributed by atoms with Crippen molar-refractivity contribution in [2.75, 3.05) is 51.1 Å². The van der Waals surface area contributed by atoms with E-state index in [4.69, 9.17) is 0 Å². The van der Waals surface area contributed by atoms with E-state index in [1.165, 1.54) is 6.42 Å². The van der Waals surface area contributed by atoms with E-state index in [1.807, 2.05) is 31.2 Å². The van der Waals surface area contributed by atoms with Gasteiger partial charge < -0.3 is 10.6 Å². The number of carbonyl (C=O) groups excluding carboxylic acids is 1. The second-order valence-corrected chi connectivity index (χ2v) is 6.38. The third-order valence-corrected chi connectivity index (χ3v) is 4.63. The highest BCUT2D eigenvalue weighted by Crippen LogP contribution is 2.13. The molecular formula is C17H26N4O.